The Labute approximate surface area is 102 Å². The van der Waals surface area contributed by atoms with Gasteiger partial charge in [0, 0.05) is 16.4 Å². The van der Waals surface area contributed by atoms with Gasteiger partial charge in [-0.15, -0.1) is 11.8 Å². The molecular formula is C12H18O2S2. The van der Waals surface area contributed by atoms with Crippen LogP contribution in [0.1, 0.15) is 18.1 Å². The van der Waals surface area contributed by atoms with Crippen molar-refractivity contribution in [3.8, 4) is 0 Å². The molecule has 0 saturated carbocycles. The smallest absolute Gasteiger partial charge is 0.150 e. The second kappa shape index (κ2) is 5.73. The first kappa shape index (κ1) is 13.6. The van der Waals surface area contributed by atoms with Gasteiger partial charge < -0.3 is 0 Å². The predicted molar refractivity (Wildman–Crippen MR) is 71.0 cm³/mol. The summed E-state index contributed by atoms with van der Waals surface area (Å²) in [5.41, 5.74) is 2.46. The molecule has 1 aromatic rings. The van der Waals surface area contributed by atoms with Gasteiger partial charge in [0.25, 0.3) is 0 Å². The second-order valence-electron chi connectivity index (χ2n) is 3.85. The van der Waals surface area contributed by atoms with Crippen LogP contribution in [0, 0.1) is 13.8 Å². The molecule has 0 aliphatic heterocycles. The molecule has 0 N–H and O–H groups in total. The molecule has 90 valence electrons. The Balaban J connectivity index is 2.56. The highest BCUT2D eigenvalue weighted by Gasteiger charge is 2.07. The van der Waals surface area contributed by atoms with E-state index in [1.54, 1.807) is 18.7 Å². The zero-order valence-electron chi connectivity index (χ0n) is 9.99. The number of aryl methyl sites for hydroxylation is 2. The van der Waals surface area contributed by atoms with Crippen molar-refractivity contribution in [2.45, 2.75) is 25.7 Å². The van der Waals surface area contributed by atoms with Crippen LogP contribution >= 0.6 is 11.8 Å². The second-order valence-corrected chi connectivity index (χ2v) is 7.46. The van der Waals surface area contributed by atoms with Gasteiger partial charge in [0.2, 0.25) is 0 Å². The van der Waals surface area contributed by atoms with Crippen LogP contribution in [0.4, 0.5) is 0 Å². The number of rotatable bonds is 5. The molecule has 0 heterocycles. The van der Waals surface area contributed by atoms with Gasteiger partial charge in [-0.3, -0.25) is 0 Å². The Morgan fingerprint density at radius 3 is 2.50 bits per heavy atom. The zero-order valence-corrected chi connectivity index (χ0v) is 11.6. The average molecular weight is 258 g/mol. The van der Waals surface area contributed by atoms with Crippen molar-refractivity contribution in [1.29, 1.82) is 0 Å². The fraction of sp³-hybridized carbons (Fsp3) is 0.500. The number of sulfone groups is 1. The lowest BCUT2D eigenvalue weighted by Crippen LogP contribution is -2.10. The van der Waals surface area contributed by atoms with Gasteiger partial charge in [0.05, 0.1) is 5.75 Å². The maximum atomic E-state index is 11.3. The Hall–Kier alpha value is -0.480. The van der Waals surface area contributed by atoms with Crippen LogP contribution in [0.25, 0.3) is 0 Å². The Morgan fingerprint density at radius 1 is 1.25 bits per heavy atom. The Kier molecular flexibility index (Phi) is 4.87. The van der Waals surface area contributed by atoms with E-state index < -0.39 is 9.84 Å². The summed E-state index contributed by atoms with van der Waals surface area (Å²) >= 11 is 1.62. The summed E-state index contributed by atoms with van der Waals surface area (Å²) in [4.78, 5) is 1.18. The maximum absolute atomic E-state index is 11.3. The highest BCUT2D eigenvalue weighted by Crippen LogP contribution is 2.23. The third-order valence-corrected chi connectivity index (χ3v) is 5.56. The summed E-state index contributed by atoms with van der Waals surface area (Å²) < 4.78 is 22.6. The lowest BCUT2D eigenvalue weighted by atomic mass is 10.2. The Bertz CT molecular complexity index is 450. The van der Waals surface area contributed by atoms with Crippen molar-refractivity contribution in [2.75, 3.05) is 17.3 Å². The summed E-state index contributed by atoms with van der Waals surface area (Å²) in [7, 11) is -2.83. The van der Waals surface area contributed by atoms with E-state index in [2.05, 4.69) is 32.0 Å². The molecule has 1 rings (SSSR count). The first-order chi connectivity index (χ1) is 7.44. The highest BCUT2D eigenvalue weighted by atomic mass is 32.2. The van der Waals surface area contributed by atoms with E-state index in [0.29, 0.717) is 5.75 Å². The van der Waals surface area contributed by atoms with E-state index >= 15 is 0 Å². The van der Waals surface area contributed by atoms with Crippen LogP contribution in [0.15, 0.2) is 23.1 Å². The molecule has 0 aromatic heterocycles. The maximum Gasteiger partial charge on any atom is 0.150 e. The monoisotopic (exact) mass is 258 g/mol. The molecule has 0 aliphatic carbocycles. The third-order valence-electron chi connectivity index (χ3n) is 2.42. The molecule has 0 amide bonds. The normalized spacial score (nSPS) is 11.7. The van der Waals surface area contributed by atoms with E-state index in [-0.39, 0.29) is 11.5 Å². The number of benzene rings is 1. The zero-order chi connectivity index (χ0) is 12.2. The molecule has 0 fully saturated rings. The van der Waals surface area contributed by atoms with Crippen molar-refractivity contribution in [3.05, 3.63) is 29.3 Å². The molecule has 0 radical (unpaired) electrons. The minimum atomic E-state index is -2.83. The third kappa shape index (κ3) is 4.18. The summed E-state index contributed by atoms with van der Waals surface area (Å²) in [6, 6.07) is 6.24. The van der Waals surface area contributed by atoms with Crippen molar-refractivity contribution in [1.82, 2.24) is 0 Å². The highest BCUT2D eigenvalue weighted by molar-refractivity contribution is 8.00. The van der Waals surface area contributed by atoms with Gasteiger partial charge in [-0.25, -0.2) is 8.42 Å². The number of hydrogen-bond donors (Lipinski definition) is 0. The van der Waals surface area contributed by atoms with Gasteiger partial charge in [0.15, 0.2) is 9.84 Å². The van der Waals surface area contributed by atoms with E-state index in [9.17, 15) is 8.42 Å². The van der Waals surface area contributed by atoms with Crippen LogP contribution < -0.4 is 0 Å². The lowest BCUT2D eigenvalue weighted by molar-refractivity contribution is 0.599. The van der Waals surface area contributed by atoms with E-state index in [4.69, 9.17) is 0 Å². The summed E-state index contributed by atoms with van der Waals surface area (Å²) in [6.45, 7) is 5.81. The molecule has 2 nitrogen and oxygen atoms in total. The van der Waals surface area contributed by atoms with Crippen LogP contribution in [-0.2, 0) is 9.84 Å². The molecule has 0 spiro atoms. The van der Waals surface area contributed by atoms with Crippen molar-refractivity contribution in [3.63, 3.8) is 0 Å². The van der Waals surface area contributed by atoms with Crippen molar-refractivity contribution < 1.29 is 8.42 Å². The molecule has 0 bridgehead atoms. The fourth-order valence-electron chi connectivity index (χ4n) is 1.38. The van der Waals surface area contributed by atoms with E-state index in [1.807, 2.05) is 0 Å². The van der Waals surface area contributed by atoms with Crippen molar-refractivity contribution >= 4 is 21.6 Å². The minimum Gasteiger partial charge on any atom is -0.229 e. The molecule has 0 atom stereocenters. The quantitative estimate of drug-likeness (QED) is 0.762. The van der Waals surface area contributed by atoms with Crippen LogP contribution in [0.2, 0.25) is 0 Å². The molecule has 0 saturated heterocycles. The number of hydrogen-bond acceptors (Lipinski definition) is 3. The first-order valence-electron chi connectivity index (χ1n) is 5.35. The Morgan fingerprint density at radius 2 is 1.94 bits per heavy atom. The van der Waals surface area contributed by atoms with Gasteiger partial charge in [-0.2, -0.15) is 0 Å². The molecular weight excluding hydrogens is 240 g/mol. The van der Waals surface area contributed by atoms with Gasteiger partial charge in [-0.1, -0.05) is 24.6 Å². The van der Waals surface area contributed by atoms with Crippen LogP contribution in [0.3, 0.4) is 0 Å². The predicted octanol–water partition coefficient (Wildman–Crippen LogP) is 2.83. The fourth-order valence-corrected chi connectivity index (χ4v) is 3.69. The van der Waals surface area contributed by atoms with E-state index in [0.717, 1.165) is 0 Å². The van der Waals surface area contributed by atoms with Crippen LogP contribution in [-0.4, -0.2) is 25.7 Å². The largest absolute Gasteiger partial charge is 0.229 e. The molecule has 16 heavy (non-hydrogen) atoms. The van der Waals surface area contributed by atoms with Gasteiger partial charge in [0.1, 0.15) is 0 Å². The molecule has 0 aliphatic rings. The first-order valence-corrected chi connectivity index (χ1v) is 8.16. The summed E-state index contributed by atoms with van der Waals surface area (Å²) in [6.07, 6.45) is 0. The number of thioether (sulfide) groups is 1. The topological polar surface area (TPSA) is 34.1 Å². The van der Waals surface area contributed by atoms with Gasteiger partial charge in [-0.05, 0) is 25.5 Å². The molecule has 0 unspecified atom stereocenters. The SMILES string of the molecule is CCS(=O)(=O)CCSc1ccc(C)cc1C. The average Bonchev–Trinajstić information content (AvgIpc) is 2.21. The lowest BCUT2D eigenvalue weighted by Gasteiger charge is -2.06. The molecule has 1 aromatic carbocycles. The van der Waals surface area contributed by atoms with E-state index in [1.165, 1.54) is 16.0 Å². The van der Waals surface area contributed by atoms with Crippen LogP contribution in [0.5, 0.6) is 0 Å². The summed E-state index contributed by atoms with van der Waals surface area (Å²) in [5, 5.41) is 0. The van der Waals surface area contributed by atoms with Gasteiger partial charge >= 0.3 is 0 Å². The molecule has 4 heteroatoms. The van der Waals surface area contributed by atoms with Crippen molar-refractivity contribution in [2.24, 2.45) is 0 Å². The minimum absolute atomic E-state index is 0.237. The standard InChI is InChI=1S/C12H18O2S2/c1-4-16(13,14)8-7-15-12-6-5-10(2)9-11(12)3/h5-6,9H,4,7-8H2,1-3H3. The summed E-state index contributed by atoms with van der Waals surface area (Å²) in [5.74, 6) is 1.14.